The van der Waals surface area contributed by atoms with Crippen LogP contribution < -0.4 is 10.5 Å². The Bertz CT molecular complexity index is 363. The molecule has 0 bridgehead atoms. The van der Waals surface area contributed by atoms with E-state index in [-0.39, 0.29) is 13.2 Å². The zero-order chi connectivity index (χ0) is 11.6. The predicted octanol–water partition coefficient (Wildman–Crippen LogP) is 1.47. The molecule has 1 aliphatic rings. The molecule has 0 saturated heterocycles. The van der Waals surface area contributed by atoms with Gasteiger partial charge in [0.2, 0.25) is 0 Å². The lowest BCUT2D eigenvalue weighted by atomic mass is 9.99. The van der Waals surface area contributed by atoms with E-state index >= 15 is 0 Å². The Morgan fingerprint density at radius 3 is 2.81 bits per heavy atom. The average molecular weight is 221 g/mol. The van der Waals surface area contributed by atoms with Crippen LogP contribution in [-0.2, 0) is 0 Å². The fourth-order valence-corrected chi connectivity index (χ4v) is 1.88. The van der Waals surface area contributed by atoms with Crippen molar-refractivity contribution < 1.29 is 9.84 Å². The Kier molecular flexibility index (Phi) is 3.17. The molecule has 1 aromatic rings. The second-order valence-corrected chi connectivity index (χ2v) is 4.69. The number of aryl methyl sites for hydroxylation is 1. The molecule has 3 heteroatoms. The van der Waals surface area contributed by atoms with E-state index in [1.54, 1.807) is 0 Å². The van der Waals surface area contributed by atoms with Gasteiger partial charge in [-0.2, -0.15) is 0 Å². The summed E-state index contributed by atoms with van der Waals surface area (Å²) in [4.78, 5) is 0. The third-order valence-electron chi connectivity index (χ3n) is 3.17. The van der Waals surface area contributed by atoms with Crippen LogP contribution in [0.5, 0.6) is 5.75 Å². The quantitative estimate of drug-likeness (QED) is 0.791. The van der Waals surface area contributed by atoms with Crippen molar-refractivity contribution in [1.82, 2.24) is 0 Å². The standard InChI is InChI=1S/C13H19NO2/c1-10-3-2-4-12(7-10)16-9-13(15,8-14)11-5-6-11/h2-4,7,11,15H,5-6,8-9,14H2,1H3. The first-order valence-corrected chi connectivity index (χ1v) is 5.76. The second kappa shape index (κ2) is 4.44. The van der Waals surface area contributed by atoms with Crippen molar-refractivity contribution in [3.63, 3.8) is 0 Å². The van der Waals surface area contributed by atoms with Crippen LogP contribution in [0.25, 0.3) is 0 Å². The topological polar surface area (TPSA) is 55.5 Å². The Morgan fingerprint density at radius 2 is 2.25 bits per heavy atom. The zero-order valence-corrected chi connectivity index (χ0v) is 9.65. The molecule has 0 radical (unpaired) electrons. The summed E-state index contributed by atoms with van der Waals surface area (Å²) in [6, 6.07) is 7.83. The van der Waals surface area contributed by atoms with Gasteiger partial charge in [-0.3, -0.25) is 0 Å². The van der Waals surface area contributed by atoms with Gasteiger partial charge in [0, 0.05) is 6.54 Å². The molecule has 0 spiro atoms. The van der Waals surface area contributed by atoms with Gasteiger partial charge in [-0.1, -0.05) is 12.1 Å². The Balaban J connectivity index is 1.95. The highest BCUT2D eigenvalue weighted by Gasteiger charge is 2.43. The van der Waals surface area contributed by atoms with Crippen LogP contribution in [0.3, 0.4) is 0 Å². The smallest absolute Gasteiger partial charge is 0.119 e. The van der Waals surface area contributed by atoms with Gasteiger partial charge in [0.05, 0.1) is 0 Å². The maximum absolute atomic E-state index is 10.2. The van der Waals surface area contributed by atoms with Gasteiger partial charge in [-0.25, -0.2) is 0 Å². The second-order valence-electron chi connectivity index (χ2n) is 4.69. The van der Waals surface area contributed by atoms with Gasteiger partial charge in [-0.15, -0.1) is 0 Å². The minimum atomic E-state index is -0.844. The Morgan fingerprint density at radius 1 is 1.50 bits per heavy atom. The predicted molar refractivity (Wildman–Crippen MR) is 63.4 cm³/mol. The van der Waals surface area contributed by atoms with Crippen LogP contribution in [0.15, 0.2) is 24.3 Å². The summed E-state index contributed by atoms with van der Waals surface area (Å²) in [5.41, 5.74) is 5.92. The molecule has 2 rings (SSSR count). The van der Waals surface area contributed by atoms with Gasteiger partial charge in [-0.05, 0) is 43.4 Å². The average Bonchev–Trinajstić information content (AvgIpc) is 3.10. The van der Waals surface area contributed by atoms with Crippen molar-refractivity contribution in [3.8, 4) is 5.75 Å². The number of nitrogens with two attached hydrogens (primary N) is 1. The molecule has 0 amide bonds. The molecule has 1 saturated carbocycles. The molecule has 16 heavy (non-hydrogen) atoms. The van der Waals surface area contributed by atoms with Crippen molar-refractivity contribution in [1.29, 1.82) is 0 Å². The summed E-state index contributed by atoms with van der Waals surface area (Å²) in [6.45, 7) is 2.57. The van der Waals surface area contributed by atoms with Gasteiger partial charge >= 0.3 is 0 Å². The van der Waals surface area contributed by atoms with Crippen LogP contribution in [0.4, 0.5) is 0 Å². The molecule has 3 N–H and O–H groups in total. The maximum atomic E-state index is 10.2. The minimum absolute atomic E-state index is 0.267. The van der Waals surface area contributed by atoms with Crippen LogP contribution in [0, 0.1) is 12.8 Å². The summed E-state index contributed by atoms with van der Waals surface area (Å²) >= 11 is 0. The Hall–Kier alpha value is -1.06. The molecule has 1 unspecified atom stereocenters. The van der Waals surface area contributed by atoms with E-state index < -0.39 is 5.60 Å². The largest absolute Gasteiger partial charge is 0.491 e. The highest BCUT2D eigenvalue weighted by molar-refractivity contribution is 5.27. The van der Waals surface area contributed by atoms with E-state index in [1.807, 2.05) is 31.2 Å². The lowest BCUT2D eigenvalue weighted by Gasteiger charge is -2.26. The van der Waals surface area contributed by atoms with Gasteiger partial charge in [0.25, 0.3) is 0 Å². The van der Waals surface area contributed by atoms with Crippen molar-refractivity contribution in [2.45, 2.75) is 25.4 Å². The van der Waals surface area contributed by atoms with Crippen molar-refractivity contribution in [3.05, 3.63) is 29.8 Å². The molecule has 88 valence electrons. The van der Waals surface area contributed by atoms with E-state index in [4.69, 9.17) is 10.5 Å². The summed E-state index contributed by atoms with van der Waals surface area (Å²) in [5.74, 6) is 1.12. The summed E-state index contributed by atoms with van der Waals surface area (Å²) in [7, 11) is 0. The first-order valence-electron chi connectivity index (χ1n) is 5.76. The molecule has 1 aliphatic carbocycles. The zero-order valence-electron chi connectivity index (χ0n) is 9.65. The molecule has 1 fully saturated rings. The van der Waals surface area contributed by atoms with Gasteiger partial charge in [0.1, 0.15) is 18.0 Å². The summed E-state index contributed by atoms with van der Waals surface area (Å²) < 4.78 is 5.61. The lowest BCUT2D eigenvalue weighted by Crippen LogP contribution is -2.45. The molecule has 3 nitrogen and oxygen atoms in total. The van der Waals surface area contributed by atoms with E-state index in [2.05, 4.69) is 0 Å². The van der Waals surface area contributed by atoms with Crippen LogP contribution >= 0.6 is 0 Å². The summed E-state index contributed by atoms with van der Waals surface area (Å²) in [6.07, 6.45) is 2.12. The molecule has 1 atom stereocenters. The molecule has 0 heterocycles. The van der Waals surface area contributed by atoms with Crippen LogP contribution in [-0.4, -0.2) is 23.9 Å². The van der Waals surface area contributed by atoms with Crippen molar-refractivity contribution >= 4 is 0 Å². The van der Waals surface area contributed by atoms with E-state index in [9.17, 15) is 5.11 Å². The highest BCUT2D eigenvalue weighted by Crippen LogP contribution is 2.39. The fourth-order valence-electron chi connectivity index (χ4n) is 1.88. The van der Waals surface area contributed by atoms with E-state index in [0.717, 1.165) is 24.2 Å². The third-order valence-corrected chi connectivity index (χ3v) is 3.17. The maximum Gasteiger partial charge on any atom is 0.119 e. The molecule has 1 aromatic carbocycles. The number of benzene rings is 1. The molecule has 0 aromatic heterocycles. The third kappa shape index (κ3) is 2.54. The number of rotatable bonds is 5. The fraction of sp³-hybridized carbons (Fsp3) is 0.538. The van der Waals surface area contributed by atoms with E-state index in [1.165, 1.54) is 0 Å². The normalized spacial score (nSPS) is 19.2. The minimum Gasteiger partial charge on any atom is -0.491 e. The molecule has 0 aliphatic heterocycles. The SMILES string of the molecule is Cc1cccc(OCC(O)(CN)C2CC2)c1. The van der Waals surface area contributed by atoms with Crippen LogP contribution in [0.2, 0.25) is 0 Å². The van der Waals surface area contributed by atoms with Crippen LogP contribution in [0.1, 0.15) is 18.4 Å². The number of hydrogen-bond donors (Lipinski definition) is 2. The number of aliphatic hydroxyl groups is 1. The number of ether oxygens (including phenoxy) is 1. The van der Waals surface area contributed by atoms with Crippen molar-refractivity contribution in [2.24, 2.45) is 11.7 Å². The highest BCUT2D eigenvalue weighted by atomic mass is 16.5. The molecular formula is C13H19NO2. The monoisotopic (exact) mass is 221 g/mol. The first kappa shape index (κ1) is 11.4. The van der Waals surface area contributed by atoms with E-state index in [0.29, 0.717) is 5.92 Å². The van der Waals surface area contributed by atoms with Gasteiger partial charge < -0.3 is 15.6 Å². The lowest BCUT2D eigenvalue weighted by molar-refractivity contribution is -0.0162. The first-order chi connectivity index (χ1) is 7.64. The number of hydrogen-bond acceptors (Lipinski definition) is 3. The van der Waals surface area contributed by atoms with Crippen molar-refractivity contribution in [2.75, 3.05) is 13.2 Å². The molecular weight excluding hydrogens is 202 g/mol. The van der Waals surface area contributed by atoms with Gasteiger partial charge in [0.15, 0.2) is 0 Å². The Labute approximate surface area is 96.2 Å². The summed E-state index contributed by atoms with van der Waals surface area (Å²) in [5, 5.41) is 10.2.